The number of fused-ring (bicyclic) bond motifs is 1. The van der Waals surface area contributed by atoms with Gasteiger partial charge in [0.2, 0.25) is 0 Å². The molecule has 2 heterocycles. The van der Waals surface area contributed by atoms with Crippen molar-refractivity contribution in [1.29, 1.82) is 0 Å². The fourth-order valence-corrected chi connectivity index (χ4v) is 1.14. The summed E-state index contributed by atoms with van der Waals surface area (Å²) >= 11 is 5.71. The van der Waals surface area contributed by atoms with Crippen LogP contribution in [0.25, 0.3) is 11.0 Å². The van der Waals surface area contributed by atoms with Crippen LogP contribution in [0.1, 0.15) is 0 Å². The molecule has 0 spiro atoms. The number of rotatable bonds is 0. The molecule has 0 saturated heterocycles. The molecule has 0 bridgehead atoms. The van der Waals surface area contributed by atoms with Gasteiger partial charge >= 0.3 is 0 Å². The van der Waals surface area contributed by atoms with Crippen molar-refractivity contribution in [2.24, 2.45) is 0 Å². The largest absolute Gasteiger partial charge is 0.345 e. The number of pyridine rings is 1. The van der Waals surface area contributed by atoms with Gasteiger partial charge in [-0.2, -0.15) is 0 Å². The van der Waals surface area contributed by atoms with Crippen LogP contribution in [-0.2, 0) is 0 Å². The van der Waals surface area contributed by atoms with E-state index in [1.807, 2.05) is 0 Å². The van der Waals surface area contributed by atoms with Crippen LogP contribution < -0.4 is 0 Å². The summed E-state index contributed by atoms with van der Waals surface area (Å²) in [6.45, 7) is 0. The molecule has 0 aliphatic heterocycles. The maximum absolute atomic E-state index is 12.6. The molecule has 0 unspecified atom stereocenters. The van der Waals surface area contributed by atoms with Crippen molar-refractivity contribution >= 4 is 22.6 Å². The lowest BCUT2D eigenvalue weighted by Gasteiger charge is -1.88. The molecule has 56 valence electrons. The number of hydrogen-bond donors (Lipinski definition) is 1. The second-order valence-electron chi connectivity index (χ2n) is 2.19. The van der Waals surface area contributed by atoms with E-state index in [4.69, 9.17) is 11.6 Å². The minimum Gasteiger partial charge on any atom is -0.345 e. The Balaban J connectivity index is 2.87. The molecule has 0 amide bonds. The molecular weight excluding hydrogens is 167 g/mol. The Morgan fingerprint density at radius 1 is 1.55 bits per heavy atom. The molecule has 2 nitrogen and oxygen atoms in total. The Morgan fingerprint density at radius 2 is 2.36 bits per heavy atom. The second-order valence-corrected chi connectivity index (χ2v) is 2.59. The van der Waals surface area contributed by atoms with Crippen LogP contribution in [0.2, 0.25) is 5.02 Å². The summed E-state index contributed by atoms with van der Waals surface area (Å²) in [5, 5.41) is 1.11. The first-order valence-electron chi connectivity index (χ1n) is 3.05. The monoisotopic (exact) mass is 170 g/mol. The van der Waals surface area contributed by atoms with Crippen molar-refractivity contribution in [3.05, 3.63) is 29.3 Å². The molecule has 0 radical (unpaired) electrons. The molecule has 0 saturated carbocycles. The maximum atomic E-state index is 12.6. The molecule has 0 atom stereocenters. The molecule has 2 rings (SSSR count). The van der Waals surface area contributed by atoms with Crippen LogP contribution in [0.5, 0.6) is 0 Å². The third kappa shape index (κ3) is 0.973. The van der Waals surface area contributed by atoms with E-state index in [1.165, 1.54) is 6.07 Å². The summed E-state index contributed by atoms with van der Waals surface area (Å²) in [4.78, 5) is 6.59. The fourth-order valence-electron chi connectivity index (χ4n) is 0.946. The smallest absolute Gasteiger partial charge is 0.142 e. The van der Waals surface area contributed by atoms with Gasteiger partial charge in [-0.1, -0.05) is 11.6 Å². The van der Waals surface area contributed by atoms with Crippen molar-refractivity contribution in [3.63, 3.8) is 0 Å². The van der Waals surface area contributed by atoms with Gasteiger partial charge in [0.15, 0.2) is 0 Å². The van der Waals surface area contributed by atoms with E-state index < -0.39 is 0 Å². The zero-order valence-electron chi connectivity index (χ0n) is 5.44. The lowest BCUT2D eigenvalue weighted by atomic mass is 10.3. The molecule has 4 heteroatoms. The summed E-state index contributed by atoms with van der Waals surface area (Å²) in [5.74, 6) is -0.376. The van der Waals surface area contributed by atoms with Gasteiger partial charge in [-0.05, 0) is 6.07 Å². The van der Waals surface area contributed by atoms with Crippen LogP contribution >= 0.6 is 11.6 Å². The number of nitrogens with zero attached hydrogens (tertiary/aromatic N) is 1. The topological polar surface area (TPSA) is 28.7 Å². The lowest BCUT2D eigenvalue weighted by Crippen LogP contribution is -1.78. The average Bonchev–Trinajstić information content (AvgIpc) is 2.33. The SMILES string of the molecule is Fc1cnc2[nH]cc(Cl)c2c1. The van der Waals surface area contributed by atoms with Gasteiger partial charge in [0.1, 0.15) is 11.5 Å². The number of aromatic nitrogens is 2. The van der Waals surface area contributed by atoms with Crippen molar-refractivity contribution in [3.8, 4) is 0 Å². The molecule has 11 heavy (non-hydrogen) atoms. The molecule has 2 aromatic rings. The highest BCUT2D eigenvalue weighted by Crippen LogP contribution is 2.21. The average molecular weight is 171 g/mol. The highest BCUT2D eigenvalue weighted by molar-refractivity contribution is 6.35. The first kappa shape index (κ1) is 6.61. The van der Waals surface area contributed by atoms with Crippen molar-refractivity contribution in [2.45, 2.75) is 0 Å². The zero-order chi connectivity index (χ0) is 7.84. The third-order valence-electron chi connectivity index (χ3n) is 1.45. The van der Waals surface area contributed by atoms with E-state index in [-0.39, 0.29) is 5.82 Å². The zero-order valence-corrected chi connectivity index (χ0v) is 6.19. The number of nitrogens with one attached hydrogen (secondary N) is 1. The standard InChI is InChI=1S/C7H4ClFN2/c8-6-3-11-7-5(6)1-4(9)2-10-7/h1-3H,(H,10,11). The maximum Gasteiger partial charge on any atom is 0.142 e. The quantitative estimate of drug-likeness (QED) is 0.646. The van der Waals surface area contributed by atoms with Crippen molar-refractivity contribution in [1.82, 2.24) is 9.97 Å². The van der Waals surface area contributed by atoms with Gasteiger partial charge in [-0.15, -0.1) is 0 Å². The van der Waals surface area contributed by atoms with Gasteiger partial charge in [-0.3, -0.25) is 0 Å². The first-order chi connectivity index (χ1) is 5.27. The van der Waals surface area contributed by atoms with Crippen LogP contribution in [0.3, 0.4) is 0 Å². The third-order valence-corrected chi connectivity index (χ3v) is 1.76. The van der Waals surface area contributed by atoms with Crippen molar-refractivity contribution < 1.29 is 4.39 Å². The van der Waals surface area contributed by atoms with E-state index in [2.05, 4.69) is 9.97 Å². The molecular formula is C7H4ClFN2. The summed E-state index contributed by atoms with van der Waals surface area (Å²) in [6, 6.07) is 1.35. The van der Waals surface area contributed by atoms with Crippen LogP contribution in [-0.4, -0.2) is 9.97 Å². The summed E-state index contributed by atoms with van der Waals surface area (Å²) in [6.07, 6.45) is 2.73. The minimum absolute atomic E-state index is 0.376. The predicted octanol–water partition coefficient (Wildman–Crippen LogP) is 2.36. The normalized spacial score (nSPS) is 10.7. The van der Waals surface area contributed by atoms with Gasteiger partial charge in [0.05, 0.1) is 11.2 Å². The second kappa shape index (κ2) is 2.20. The fraction of sp³-hybridized carbons (Fsp3) is 0. The minimum atomic E-state index is -0.376. The molecule has 1 N–H and O–H groups in total. The summed E-state index contributed by atoms with van der Waals surface area (Å²) in [7, 11) is 0. The molecule has 0 fully saturated rings. The number of hydrogen-bond acceptors (Lipinski definition) is 1. The number of halogens is 2. The Hall–Kier alpha value is -1.09. The van der Waals surface area contributed by atoms with Crippen LogP contribution in [0, 0.1) is 5.82 Å². The van der Waals surface area contributed by atoms with E-state index >= 15 is 0 Å². The first-order valence-corrected chi connectivity index (χ1v) is 3.43. The number of H-pyrrole nitrogens is 1. The van der Waals surface area contributed by atoms with E-state index in [0.717, 1.165) is 6.20 Å². The van der Waals surface area contributed by atoms with Gasteiger partial charge in [0.25, 0.3) is 0 Å². The van der Waals surface area contributed by atoms with Gasteiger partial charge < -0.3 is 4.98 Å². The number of aromatic amines is 1. The molecule has 0 aliphatic carbocycles. The molecule has 0 aliphatic rings. The van der Waals surface area contributed by atoms with Crippen LogP contribution in [0.4, 0.5) is 4.39 Å². The molecule has 2 aromatic heterocycles. The van der Waals surface area contributed by atoms with Gasteiger partial charge in [-0.25, -0.2) is 9.37 Å². The summed E-state index contributed by atoms with van der Waals surface area (Å²) in [5.41, 5.74) is 0.608. The van der Waals surface area contributed by atoms with E-state index in [9.17, 15) is 4.39 Å². The lowest BCUT2D eigenvalue weighted by molar-refractivity contribution is 0.624. The Bertz CT molecular complexity index is 396. The highest BCUT2D eigenvalue weighted by Gasteiger charge is 2.02. The Labute approximate surface area is 67.0 Å². The van der Waals surface area contributed by atoms with E-state index in [0.29, 0.717) is 16.1 Å². The van der Waals surface area contributed by atoms with Crippen molar-refractivity contribution in [2.75, 3.05) is 0 Å². The Kier molecular flexibility index (Phi) is 1.32. The Morgan fingerprint density at radius 3 is 3.18 bits per heavy atom. The molecule has 0 aromatic carbocycles. The predicted molar refractivity (Wildman–Crippen MR) is 41.1 cm³/mol. The summed E-state index contributed by atoms with van der Waals surface area (Å²) < 4.78 is 12.6. The van der Waals surface area contributed by atoms with Gasteiger partial charge in [0, 0.05) is 11.6 Å². The highest BCUT2D eigenvalue weighted by atomic mass is 35.5. The van der Waals surface area contributed by atoms with Crippen LogP contribution in [0.15, 0.2) is 18.5 Å². The van der Waals surface area contributed by atoms with E-state index in [1.54, 1.807) is 6.20 Å².